The molecule has 1 fully saturated rings. The largest absolute Gasteiger partial charge is 0.361 e. The molecule has 3 unspecified atom stereocenters. The number of aromatic nitrogens is 1. The van der Waals surface area contributed by atoms with E-state index in [9.17, 15) is 18.8 Å². The zero-order chi connectivity index (χ0) is 28.0. The number of benzene rings is 1. The molecule has 208 valence electrons. The van der Waals surface area contributed by atoms with E-state index in [1.54, 1.807) is 48.9 Å². The number of hydrogen-bond acceptors (Lipinski definition) is 6. The molecule has 1 aliphatic rings. The summed E-state index contributed by atoms with van der Waals surface area (Å²) in [5, 5.41) is 9.74. The number of rotatable bonds is 10. The highest BCUT2D eigenvalue weighted by molar-refractivity contribution is 5.93. The average Bonchev–Trinajstić information content (AvgIpc) is 3.52. The first-order valence-electron chi connectivity index (χ1n) is 13.2. The third-order valence-electron chi connectivity index (χ3n) is 7.04. The normalized spacial score (nSPS) is 17.2. The van der Waals surface area contributed by atoms with Gasteiger partial charge in [-0.1, -0.05) is 38.1 Å². The Labute approximate surface area is 224 Å². The average molecular weight is 530 g/mol. The second-order valence-electron chi connectivity index (χ2n) is 11.1. The molecule has 0 bridgehead atoms. The van der Waals surface area contributed by atoms with Crippen LogP contribution in [0.15, 0.2) is 34.9 Å². The summed E-state index contributed by atoms with van der Waals surface area (Å²) in [6.45, 7) is 10.5. The number of amides is 3. The third kappa shape index (κ3) is 7.40. The summed E-state index contributed by atoms with van der Waals surface area (Å²) in [6.07, 6.45) is 2.06. The van der Waals surface area contributed by atoms with Crippen LogP contribution in [-0.4, -0.2) is 77.5 Å². The van der Waals surface area contributed by atoms with Crippen molar-refractivity contribution in [3.05, 3.63) is 53.2 Å². The highest BCUT2D eigenvalue weighted by atomic mass is 19.1. The van der Waals surface area contributed by atoms with Crippen molar-refractivity contribution in [2.45, 2.75) is 72.0 Å². The fourth-order valence-electron chi connectivity index (χ4n) is 4.60. The molecule has 0 spiro atoms. The lowest BCUT2D eigenvalue weighted by atomic mass is 9.85. The highest BCUT2D eigenvalue weighted by Gasteiger charge is 2.41. The van der Waals surface area contributed by atoms with Crippen LogP contribution in [0.1, 0.15) is 62.3 Å². The van der Waals surface area contributed by atoms with Crippen LogP contribution in [0.5, 0.6) is 0 Å². The summed E-state index contributed by atoms with van der Waals surface area (Å²) in [5.74, 6) is -0.464. The van der Waals surface area contributed by atoms with Crippen molar-refractivity contribution in [3.8, 4) is 0 Å². The Kier molecular flexibility index (Phi) is 9.65. The molecule has 1 aromatic carbocycles. The first-order valence-corrected chi connectivity index (χ1v) is 13.2. The van der Waals surface area contributed by atoms with Crippen LogP contribution in [0.4, 0.5) is 4.39 Å². The van der Waals surface area contributed by atoms with Crippen LogP contribution in [0.2, 0.25) is 0 Å². The first-order chi connectivity index (χ1) is 17.9. The highest BCUT2D eigenvalue weighted by Crippen LogP contribution is 2.27. The molecule has 0 aliphatic carbocycles. The van der Waals surface area contributed by atoms with Crippen molar-refractivity contribution < 1.29 is 23.3 Å². The molecular formula is C28H40FN5O4. The minimum absolute atomic E-state index is 0.153. The van der Waals surface area contributed by atoms with E-state index >= 15 is 0 Å². The second-order valence-corrected chi connectivity index (χ2v) is 11.1. The van der Waals surface area contributed by atoms with E-state index in [0.717, 1.165) is 18.4 Å². The van der Waals surface area contributed by atoms with Crippen LogP contribution < -0.4 is 10.6 Å². The van der Waals surface area contributed by atoms with E-state index in [0.29, 0.717) is 31.8 Å². The van der Waals surface area contributed by atoms with Gasteiger partial charge in [0.05, 0.1) is 6.04 Å². The molecule has 3 atom stereocenters. The zero-order valence-electron chi connectivity index (χ0n) is 23.2. The summed E-state index contributed by atoms with van der Waals surface area (Å²) >= 11 is 0. The minimum Gasteiger partial charge on any atom is -0.361 e. The van der Waals surface area contributed by atoms with Crippen LogP contribution in [0.25, 0.3) is 0 Å². The molecule has 0 radical (unpaired) electrons. The lowest BCUT2D eigenvalue weighted by Gasteiger charge is -2.37. The molecule has 3 amide bonds. The molecule has 10 heteroatoms. The lowest BCUT2D eigenvalue weighted by Crippen LogP contribution is -2.59. The summed E-state index contributed by atoms with van der Waals surface area (Å²) < 4.78 is 18.5. The van der Waals surface area contributed by atoms with E-state index in [1.807, 2.05) is 20.8 Å². The smallest absolute Gasteiger partial charge is 0.276 e. The van der Waals surface area contributed by atoms with Gasteiger partial charge < -0.3 is 25.0 Å². The van der Waals surface area contributed by atoms with Crippen molar-refractivity contribution in [2.75, 3.05) is 26.7 Å². The molecule has 1 saturated heterocycles. The molecular weight excluding hydrogens is 489 g/mol. The topological polar surface area (TPSA) is 108 Å². The van der Waals surface area contributed by atoms with Gasteiger partial charge in [0.25, 0.3) is 5.91 Å². The predicted molar refractivity (Wildman–Crippen MR) is 142 cm³/mol. The van der Waals surface area contributed by atoms with Crippen LogP contribution in [0.3, 0.4) is 0 Å². The van der Waals surface area contributed by atoms with Gasteiger partial charge in [-0.15, -0.1) is 0 Å². The van der Waals surface area contributed by atoms with Crippen molar-refractivity contribution in [3.63, 3.8) is 0 Å². The molecule has 1 aromatic heterocycles. The van der Waals surface area contributed by atoms with E-state index < -0.39 is 17.5 Å². The Morgan fingerprint density at radius 3 is 2.50 bits per heavy atom. The second kappa shape index (κ2) is 12.5. The maximum atomic E-state index is 13.8. The monoisotopic (exact) mass is 529 g/mol. The maximum absolute atomic E-state index is 13.8. The Morgan fingerprint density at radius 2 is 1.92 bits per heavy atom. The van der Waals surface area contributed by atoms with E-state index in [-0.39, 0.29) is 35.3 Å². The van der Waals surface area contributed by atoms with Gasteiger partial charge in [-0.2, -0.15) is 0 Å². The quantitative estimate of drug-likeness (QED) is 0.490. The van der Waals surface area contributed by atoms with Gasteiger partial charge in [-0.25, -0.2) is 4.39 Å². The Balaban J connectivity index is 1.80. The molecule has 1 aliphatic heterocycles. The molecule has 0 saturated carbocycles. The molecule has 2 aromatic rings. The number of nitrogens with zero attached hydrogens (tertiary/aromatic N) is 3. The Bertz CT molecular complexity index is 1110. The number of likely N-dealkylation sites (N-methyl/N-ethyl adjacent to an activating group) is 1. The van der Waals surface area contributed by atoms with Crippen molar-refractivity contribution in [2.24, 2.45) is 5.41 Å². The molecule has 38 heavy (non-hydrogen) atoms. The van der Waals surface area contributed by atoms with Crippen LogP contribution >= 0.6 is 0 Å². The molecule has 9 nitrogen and oxygen atoms in total. The number of nitrogens with one attached hydrogen (secondary N) is 2. The predicted octanol–water partition coefficient (Wildman–Crippen LogP) is 2.94. The van der Waals surface area contributed by atoms with Gasteiger partial charge in [-0.3, -0.25) is 14.4 Å². The minimum atomic E-state index is -0.715. The zero-order valence-corrected chi connectivity index (χ0v) is 23.2. The third-order valence-corrected chi connectivity index (χ3v) is 7.04. The van der Waals surface area contributed by atoms with Crippen molar-refractivity contribution >= 4 is 17.7 Å². The Hall–Kier alpha value is -3.27. The van der Waals surface area contributed by atoms with Crippen LogP contribution in [0, 0.1) is 18.2 Å². The number of carbonyl (C=O) groups is 3. The molecule has 2 heterocycles. The van der Waals surface area contributed by atoms with Gasteiger partial charge >= 0.3 is 0 Å². The van der Waals surface area contributed by atoms with Crippen molar-refractivity contribution in [1.29, 1.82) is 0 Å². The fraction of sp³-hybridized carbons (Fsp3) is 0.571. The molecule has 3 rings (SSSR count). The standard InChI is InChI=1S/C28H40FN5O4/c1-18-16-23(32-38-18)26(36)33(15-13-20-9-11-21(29)12-10-20)17-22-8-7-14-34(22)27(37)24(28(3,4)5)31-25(35)19(2)30-6/h9-12,16,19,22,24,30H,7-8,13-15,17H2,1-6H3,(H,31,35). The van der Waals surface area contributed by atoms with E-state index in [2.05, 4.69) is 15.8 Å². The summed E-state index contributed by atoms with van der Waals surface area (Å²) in [4.78, 5) is 43.4. The summed E-state index contributed by atoms with van der Waals surface area (Å²) in [6, 6.07) is 6.43. The maximum Gasteiger partial charge on any atom is 0.276 e. The number of hydrogen-bond donors (Lipinski definition) is 2. The SMILES string of the molecule is CNC(C)C(=O)NC(C(=O)N1CCCC1CN(CCc1ccc(F)cc1)C(=O)c1cc(C)on1)C(C)(C)C. The number of carbonyl (C=O) groups excluding carboxylic acids is 3. The Morgan fingerprint density at radius 1 is 1.24 bits per heavy atom. The first kappa shape index (κ1) is 29.3. The van der Waals surface area contributed by atoms with Gasteiger partial charge in [0.1, 0.15) is 17.6 Å². The van der Waals surface area contributed by atoms with Crippen LogP contribution in [-0.2, 0) is 16.0 Å². The van der Waals surface area contributed by atoms with Crippen molar-refractivity contribution in [1.82, 2.24) is 25.6 Å². The van der Waals surface area contributed by atoms with Gasteiger partial charge in [0, 0.05) is 31.7 Å². The lowest BCUT2D eigenvalue weighted by molar-refractivity contribution is -0.140. The van der Waals surface area contributed by atoms with E-state index in [1.165, 1.54) is 12.1 Å². The number of likely N-dealkylation sites (tertiary alicyclic amines) is 1. The number of aryl methyl sites for hydroxylation is 1. The number of halogens is 1. The van der Waals surface area contributed by atoms with Gasteiger partial charge in [0.15, 0.2) is 5.69 Å². The summed E-state index contributed by atoms with van der Waals surface area (Å²) in [7, 11) is 1.70. The molecule has 2 N–H and O–H groups in total. The van der Waals surface area contributed by atoms with Gasteiger partial charge in [-0.05, 0) is 63.3 Å². The summed E-state index contributed by atoms with van der Waals surface area (Å²) in [5.41, 5.74) is 0.594. The fourth-order valence-corrected chi connectivity index (χ4v) is 4.60. The van der Waals surface area contributed by atoms with Gasteiger partial charge in [0.2, 0.25) is 11.8 Å². The van der Waals surface area contributed by atoms with E-state index in [4.69, 9.17) is 4.52 Å².